The fourth-order valence-corrected chi connectivity index (χ4v) is 2.61. The molecule has 1 aromatic heterocycles. The van der Waals surface area contributed by atoms with Crippen LogP contribution in [0.5, 0.6) is 0 Å². The van der Waals surface area contributed by atoms with E-state index in [1.807, 2.05) is 6.92 Å². The quantitative estimate of drug-likeness (QED) is 0.839. The zero-order chi connectivity index (χ0) is 11.8. The molecule has 1 aromatic carbocycles. The molecule has 0 aliphatic heterocycles. The summed E-state index contributed by atoms with van der Waals surface area (Å²) in [5.41, 5.74) is 2.09. The van der Waals surface area contributed by atoms with E-state index in [2.05, 4.69) is 10.2 Å². The maximum absolute atomic E-state index is 11.4. The van der Waals surface area contributed by atoms with Crippen LogP contribution in [0.1, 0.15) is 5.69 Å². The summed E-state index contributed by atoms with van der Waals surface area (Å²) >= 11 is 0. The number of nitrogens with one attached hydrogen (secondary N) is 1. The second-order valence-corrected chi connectivity index (χ2v) is 5.88. The number of aromatic amines is 1. The Labute approximate surface area is 97.7 Å². The van der Waals surface area contributed by atoms with Crippen LogP contribution in [0.4, 0.5) is 0 Å². The van der Waals surface area contributed by atoms with Crippen LogP contribution in [0.2, 0.25) is 0 Å². The molecule has 2 rings (SSSR count). The van der Waals surface area contributed by atoms with E-state index in [1.165, 1.54) is 6.07 Å². The molecule has 0 radical (unpaired) electrons. The molecule has 2 aromatic rings. The Balaban J connectivity index is 2.72. The Morgan fingerprint density at radius 2 is 1.94 bits per heavy atom. The molecular weight excluding hydrogens is 248 g/mol. The Morgan fingerprint density at radius 1 is 1.25 bits per heavy atom. The van der Waals surface area contributed by atoms with Gasteiger partial charge in [-0.05, 0) is 13.0 Å². The zero-order valence-electron chi connectivity index (χ0n) is 8.44. The Hall–Kier alpha value is -1.33. The first-order valence-electron chi connectivity index (χ1n) is 4.54. The predicted octanol–water partition coefficient (Wildman–Crippen LogP) is 2.31. The first-order valence-corrected chi connectivity index (χ1v) is 6.85. The molecule has 0 saturated heterocycles. The van der Waals surface area contributed by atoms with Crippen molar-refractivity contribution in [1.82, 2.24) is 10.2 Å². The predicted molar refractivity (Wildman–Crippen MR) is 61.8 cm³/mol. The van der Waals surface area contributed by atoms with Gasteiger partial charge >= 0.3 is 0 Å². The van der Waals surface area contributed by atoms with Crippen LogP contribution < -0.4 is 0 Å². The van der Waals surface area contributed by atoms with Gasteiger partial charge in [-0.25, -0.2) is 8.42 Å². The van der Waals surface area contributed by atoms with Gasteiger partial charge in [0, 0.05) is 27.5 Å². The van der Waals surface area contributed by atoms with Crippen LogP contribution in [0.15, 0.2) is 35.4 Å². The summed E-state index contributed by atoms with van der Waals surface area (Å²) in [5, 5.41) is 6.62. The molecule has 16 heavy (non-hydrogen) atoms. The van der Waals surface area contributed by atoms with Crippen LogP contribution in [0, 0.1) is 6.92 Å². The van der Waals surface area contributed by atoms with E-state index in [4.69, 9.17) is 10.7 Å². The average Bonchev–Trinajstić information content (AvgIpc) is 2.63. The van der Waals surface area contributed by atoms with Crippen LogP contribution in [0.25, 0.3) is 11.1 Å². The summed E-state index contributed by atoms with van der Waals surface area (Å²) in [6.45, 7) is 1.82. The first kappa shape index (κ1) is 11.2. The van der Waals surface area contributed by atoms with E-state index in [0.29, 0.717) is 5.56 Å². The normalized spacial score (nSPS) is 11.6. The van der Waals surface area contributed by atoms with Gasteiger partial charge in [0.05, 0.1) is 11.1 Å². The number of rotatable bonds is 2. The number of nitrogens with zero attached hydrogens (tertiary/aromatic N) is 1. The molecule has 0 unspecified atom stereocenters. The number of aromatic nitrogens is 2. The van der Waals surface area contributed by atoms with E-state index >= 15 is 0 Å². The molecule has 0 amide bonds. The van der Waals surface area contributed by atoms with Gasteiger partial charge in [-0.3, -0.25) is 5.10 Å². The molecular formula is C10H9ClN2O2S. The Morgan fingerprint density at radius 3 is 2.50 bits per heavy atom. The van der Waals surface area contributed by atoms with Crippen molar-refractivity contribution >= 4 is 19.7 Å². The van der Waals surface area contributed by atoms with Crippen molar-refractivity contribution in [2.45, 2.75) is 11.8 Å². The van der Waals surface area contributed by atoms with Gasteiger partial charge in [0.25, 0.3) is 9.05 Å². The monoisotopic (exact) mass is 256 g/mol. The summed E-state index contributed by atoms with van der Waals surface area (Å²) < 4.78 is 22.8. The number of benzene rings is 1. The van der Waals surface area contributed by atoms with Crippen molar-refractivity contribution < 1.29 is 8.42 Å². The third-order valence-electron chi connectivity index (χ3n) is 2.27. The third-order valence-corrected chi connectivity index (χ3v) is 3.65. The van der Waals surface area contributed by atoms with Crippen molar-refractivity contribution in [2.24, 2.45) is 0 Å². The Bertz CT molecular complexity index is 619. The molecule has 0 fully saturated rings. The minimum absolute atomic E-state index is 0.0983. The van der Waals surface area contributed by atoms with E-state index in [1.54, 1.807) is 24.4 Å². The molecule has 1 N–H and O–H groups in total. The van der Waals surface area contributed by atoms with Crippen LogP contribution in [-0.2, 0) is 9.05 Å². The largest absolute Gasteiger partial charge is 0.282 e. The molecule has 0 aliphatic carbocycles. The SMILES string of the molecule is Cc1[nH]ncc1-c1ccccc1S(=O)(=O)Cl. The minimum atomic E-state index is -3.75. The van der Waals surface area contributed by atoms with Gasteiger partial charge < -0.3 is 0 Å². The zero-order valence-corrected chi connectivity index (χ0v) is 10.0. The molecule has 0 atom stereocenters. The van der Waals surface area contributed by atoms with Crippen LogP contribution in [-0.4, -0.2) is 18.6 Å². The molecule has 4 nitrogen and oxygen atoms in total. The minimum Gasteiger partial charge on any atom is -0.282 e. The van der Waals surface area contributed by atoms with Crippen molar-refractivity contribution in [1.29, 1.82) is 0 Å². The Kier molecular flexibility index (Phi) is 2.73. The molecule has 84 valence electrons. The first-order chi connectivity index (χ1) is 7.50. The summed E-state index contributed by atoms with van der Waals surface area (Å²) in [6.07, 6.45) is 1.58. The molecule has 0 aliphatic rings. The average molecular weight is 257 g/mol. The highest BCUT2D eigenvalue weighted by molar-refractivity contribution is 8.13. The van der Waals surface area contributed by atoms with E-state index in [-0.39, 0.29) is 4.90 Å². The van der Waals surface area contributed by atoms with Gasteiger partial charge in [-0.1, -0.05) is 18.2 Å². The number of aryl methyl sites for hydroxylation is 1. The number of halogens is 1. The maximum Gasteiger partial charge on any atom is 0.261 e. The second kappa shape index (κ2) is 3.92. The van der Waals surface area contributed by atoms with Crippen molar-refractivity contribution in [2.75, 3.05) is 0 Å². The molecule has 1 heterocycles. The summed E-state index contributed by atoms with van der Waals surface area (Å²) in [6, 6.07) is 6.57. The summed E-state index contributed by atoms with van der Waals surface area (Å²) in [5.74, 6) is 0. The lowest BCUT2D eigenvalue weighted by molar-refractivity contribution is 0.610. The second-order valence-electron chi connectivity index (χ2n) is 3.34. The fourth-order valence-electron chi connectivity index (χ4n) is 1.52. The van der Waals surface area contributed by atoms with Crippen molar-refractivity contribution in [3.63, 3.8) is 0 Å². The van der Waals surface area contributed by atoms with Gasteiger partial charge in [-0.2, -0.15) is 5.10 Å². The molecule has 6 heteroatoms. The van der Waals surface area contributed by atoms with Crippen molar-refractivity contribution in [3.8, 4) is 11.1 Å². The van der Waals surface area contributed by atoms with E-state index < -0.39 is 9.05 Å². The topological polar surface area (TPSA) is 62.8 Å². The lowest BCUT2D eigenvalue weighted by Gasteiger charge is -2.04. The van der Waals surface area contributed by atoms with Crippen molar-refractivity contribution in [3.05, 3.63) is 36.2 Å². The summed E-state index contributed by atoms with van der Waals surface area (Å²) in [7, 11) is 1.63. The van der Waals surface area contributed by atoms with Gasteiger partial charge in [-0.15, -0.1) is 0 Å². The highest BCUT2D eigenvalue weighted by Crippen LogP contribution is 2.30. The van der Waals surface area contributed by atoms with Gasteiger partial charge in [0.1, 0.15) is 0 Å². The molecule has 0 saturated carbocycles. The third kappa shape index (κ3) is 1.96. The highest BCUT2D eigenvalue weighted by atomic mass is 35.7. The number of hydrogen-bond donors (Lipinski definition) is 1. The van der Waals surface area contributed by atoms with Crippen LogP contribution >= 0.6 is 10.7 Å². The van der Waals surface area contributed by atoms with E-state index in [0.717, 1.165) is 11.3 Å². The fraction of sp³-hybridized carbons (Fsp3) is 0.100. The highest BCUT2D eigenvalue weighted by Gasteiger charge is 2.17. The van der Waals surface area contributed by atoms with Gasteiger partial charge in [0.2, 0.25) is 0 Å². The molecule has 0 bridgehead atoms. The standard InChI is InChI=1S/C10H9ClN2O2S/c1-7-9(6-12-13-7)8-4-2-3-5-10(8)16(11,14)15/h2-6H,1H3,(H,12,13). The number of hydrogen-bond acceptors (Lipinski definition) is 3. The lowest BCUT2D eigenvalue weighted by Crippen LogP contribution is -1.94. The summed E-state index contributed by atoms with van der Waals surface area (Å²) in [4.78, 5) is 0.0983. The number of H-pyrrole nitrogens is 1. The van der Waals surface area contributed by atoms with Crippen LogP contribution in [0.3, 0.4) is 0 Å². The lowest BCUT2D eigenvalue weighted by atomic mass is 10.1. The smallest absolute Gasteiger partial charge is 0.261 e. The van der Waals surface area contributed by atoms with E-state index in [9.17, 15) is 8.42 Å². The van der Waals surface area contributed by atoms with Gasteiger partial charge in [0.15, 0.2) is 0 Å². The molecule has 0 spiro atoms. The maximum atomic E-state index is 11.4.